The predicted octanol–water partition coefficient (Wildman–Crippen LogP) is 0.495. The lowest BCUT2D eigenvalue weighted by molar-refractivity contribution is -0.00000276. The van der Waals surface area contributed by atoms with Gasteiger partial charge in [-0.15, -0.1) is 0 Å². The first-order chi connectivity index (χ1) is 6.09. The van der Waals surface area contributed by atoms with Crippen LogP contribution in [-0.2, 0) is 6.54 Å². The fraction of sp³-hybridized carbons (Fsp3) is 0.400. The van der Waals surface area contributed by atoms with Crippen molar-refractivity contribution in [1.82, 2.24) is 5.32 Å². The minimum atomic E-state index is 0. The van der Waals surface area contributed by atoms with E-state index >= 15 is 0 Å². The molecule has 0 bridgehead atoms. The van der Waals surface area contributed by atoms with Crippen LogP contribution in [-0.4, -0.2) is 6.04 Å². The molecular weight excluding hydrogens is 240 g/mol. The molecule has 14 heavy (non-hydrogen) atoms. The standard InChI is InChI=1S/C10H13Cl2N.ClH/c1-7(2)13-6-8-3-4-9(11)5-10(8)12;/h3-5,7,13H,6H2,1-2H3;1H/p-1. The normalized spacial score (nSPS) is 10.1. The van der Waals surface area contributed by atoms with E-state index in [-0.39, 0.29) is 12.4 Å². The van der Waals surface area contributed by atoms with E-state index < -0.39 is 0 Å². The summed E-state index contributed by atoms with van der Waals surface area (Å²) in [5.74, 6) is 0. The number of rotatable bonds is 3. The average molecular weight is 254 g/mol. The highest BCUT2D eigenvalue weighted by Gasteiger charge is 2.01. The molecule has 0 saturated carbocycles. The van der Waals surface area contributed by atoms with Gasteiger partial charge in [0.2, 0.25) is 0 Å². The van der Waals surface area contributed by atoms with Gasteiger partial charge in [-0.3, -0.25) is 0 Å². The molecule has 0 radical (unpaired) electrons. The maximum absolute atomic E-state index is 5.99. The predicted molar refractivity (Wildman–Crippen MR) is 58.4 cm³/mol. The Morgan fingerprint density at radius 1 is 1.29 bits per heavy atom. The molecule has 0 aliphatic carbocycles. The van der Waals surface area contributed by atoms with Gasteiger partial charge in [0.05, 0.1) is 0 Å². The highest BCUT2D eigenvalue weighted by molar-refractivity contribution is 6.35. The van der Waals surface area contributed by atoms with E-state index in [0.717, 1.165) is 17.1 Å². The fourth-order valence-corrected chi connectivity index (χ4v) is 1.45. The van der Waals surface area contributed by atoms with Crippen LogP contribution in [0.4, 0.5) is 0 Å². The Labute approximate surface area is 101 Å². The molecule has 0 unspecified atom stereocenters. The quantitative estimate of drug-likeness (QED) is 0.827. The molecule has 1 rings (SSSR count). The van der Waals surface area contributed by atoms with Gasteiger partial charge in [0.15, 0.2) is 0 Å². The summed E-state index contributed by atoms with van der Waals surface area (Å²) in [6.07, 6.45) is 0. The molecule has 1 aromatic rings. The zero-order chi connectivity index (χ0) is 9.84. The average Bonchev–Trinajstić information content (AvgIpc) is 2.02. The Balaban J connectivity index is 0.00000169. The Bertz CT molecular complexity index is 287. The molecule has 0 amide bonds. The zero-order valence-electron chi connectivity index (χ0n) is 8.15. The van der Waals surface area contributed by atoms with Gasteiger partial charge >= 0.3 is 0 Å². The summed E-state index contributed by atoms with van der Waals surface area (Å²) < 4.78 is 0. The fourth-order valence-electron chi connectivity index (χ4n) is 0.979. The third-order valence-electron chi connectivity index (χ3n) is 1.72. The summed E-state index contributed by atoms with van der Waals surface area (Å²) in [6.45, 7) is 4.99. The van der Waals surface area contributed by atoms with Crippen LogP contribution in [0.1, 0.15) is 19.4 Å². The van der Waals surface area contributed by atoms with Crippen LogP contribution < -0.4 is 17.7 Å². The summed E-state index contributed by atoms with van der Waals surface area (Å²) in [4.78, 5) is 0. The first kappa shape index (κ1) is 14.1. The van der Waals surface area contributed by atoms with Crippen molar-refractivity contribution in [3.05, 3.63) is 33.8 Å². The molecule has 0 saturated heterocycles. The van der Waals surface area contributed by atoms with Gasteiger partial charge in [0.1, 0.15) is 0 Å². The minimum absolute atomic E-state index is 0. The maximum atomic E-state index is 5.99. The van der Waals surface area contributed by atoms with E-state index in [4.69, 9.17) is 23.2 Å². The topological polar surface area (TPSA) is 12.0 Å². The molecule has 1 aromatic carbocycles. The number of hydrogen-bond acceptors (Lipinski definition) is 1. The summed E-state index contributed by atoms with van der Waals surface area (Å²) in [5.41, 5.74) is 1.08. The highest BCUT2D eigenvalue weighted by Crippen LogP contribution is 2.20. The van der Waals surface area contributed by atoms with Crippen molar-refractivity contribution in [2.75, 3.05) is 0 Å². The van der Waals surface area contributed by atoms with Gasteiger partial charge in [0, 0.05) is 22.6 Å². The monoisotopic (exact) mass is 252 g/mol. The third-order valence-corrected chi connectivity index (χ3v) is 2.30. The van der Waals surface area contributed by atoms with Crippen molar-refractivity contribution in [1.29, 1.82) is 0 Å². The van der Waals surface area contributed by atoms with Crippen molar-refractivity contribution >= 4 is 23.2 Å². The molecule has 0 spiro atoms. The molecule has 0 heterocycles. The van der Waals surface area contributed by atoms with Crippen molar-refractivity contribution in [3.8, 4) is 0 Å². The van der Waals surface area contributed by atoms with Crippen molar-refractivity contribution in [3.63, 3.8) is 0 Å². The molecular formula is C10H13Cl3N-. The Morgan fingerprint density at radius 2 is 1.93 bits per heavy atom. The maximum Gasteiger partial charge on any atom is 0.0465 e. The van der Waals surface area contributed by atoms with E-state index in [1.807, 2.05) is 12.1 Å². The van der Waals surface area contributed by atoms with Gasteiger partial charge < -0.3 is 17.7 Å². The second-order valence-corrected chi connectivity index (χ2v) is 4.11. The molecule has 0 aromatic heterocycles. The van der Waals surface area contributed by atoms with Crippen molar-refractivity contribution < 1.29 is 12.4 Å². The van der Waals surface area contributed by atoms with E-state index in [1.54, 1.807) is 6.07 Å². The summed E-state index contributed by atoms with van der Waals surface area (Å²) in [7, 11) is 0. The Morgan fingerprint density at radius 3 is 2.43 bits per heavy atom. The molecule has 1 nitrogen and oxygen atoms in total. The van der Waals surface area contributed by atoms with Crippen LogP contribution in [0.2, 0.25) is 10.0 Å². The first-order valence-corrected chi connectivity index (χ1v) is 5.02. The lowest BCUT2D eigenvalue weighted by Gasteiger charge is -2.09. The van der Waals surface area contributed by atoms with Crippen LogP contribution in [0.25, 0.3) is 0 Å². The van der Waals surface area contributed by atoms with E-state index in [0.29, 0.717) is 11.1 Å². The second kappa shape index (κ2) is 6.52. The van der Waals surface area contributed by atoms with E-state index in [2.05, 4.69) is 19.2 Å². The second-order valence-electron chi connectivity index (χ2n) is 3.27. The van der Waals surface area contributed by atoms with Gasteiger partial charge in [-0.2, -0.15) is 0 Å². The molecule has 80 valence electrons. The van der Waals surface area contributed by atoms with Gasteiger partial charge in [-0.25, -0.2) is 0 Å². The number of nitrogens with one attached hydrogen (secondary N) is 1. The number of halogens is 3. The minimum Gasteiger partial charge on any atom is -1.00 e. The van der Waals surface area contributed by atoms with Crippen LogP contribution in [0, 0.1) is 0 Å². The lowest BCUT2D eigenvalue weighted by atomic mass is 10.2. The van der Waals surface area contributed by atoms with E-state index in [1.165, 1.54) is 0 Å². The smallest absolute Gasteiger partial charge is 0.0465 e. The molecule has 0 atom stereocenters. The SMILES string of the molecule is CC(C)NCc1ccc(Cl)cc1Cl.[Cl-]. The summed E-state index contributed by atoms with van der Waals surface area (Å²) >= 11 is 11.8. The largest absolute Gasteiger partial charge is 1.00 e. The molecule has 1 N–H and O–H groups in total. The molecule has 0 aliphatic rings. The first-order valence-electron chi connectivity index (χ1n) is 4.27. The number of hydrogen-bond donors (Lipinski definition) is 1. The van der Waals surface area contributed by atoms with Crippen LogP contribution >= 0.6 is 23.2 Å². The van der Waals surface area contributed by atoms with Gasteiger partial charge in [0.25, 0.3) is 0 Å². The zero-order valence-corrected chi connectivity index (χ0v) is 10.4. The number of benzene rings is 1. The van der Waals surface area contributed by atoms with Crippen molar-refractivity contribution in [2.24, 2.45) is 0 Å². The highest BCUT2D eigenvalue weighted by atomic mass is 35.5. The molecule has 0 aliphatic heterocycles. The van der Waals surface area contributed by atoms with Gasteiger partial charge in [-0.05, 0) is 17.7 Å². The van der Waals surface area contributed by atoms with Crippen LogP contribution in [0.3, 0.4) is 0 Å². The molecule has 0 fully saturated rings. The molecule has 4 heteroatoms. The Hall–Kier alpha value is 0.0500. The van der Waals surface area contributed by atoms with E-state index in [9.17, 15) is 0 Å². The Kier molecular flexibility index (Phi) is 6.54. The summed E-state index contributed by atoms with van der Waals surface area (Å²) in [6, 6.07) is 6.03. The van der Waals surface area contributed by atoms with Crippen molar-refractivity contribution in [2.45, 2.75) is 26.4 Å². The summed E-state index contributed by atoms with van der Waals surface area (Å²) in [5, 5.41) is 4.70. The van der Waals surface area contributed by atoms with Gasteiger partial charge in [-0.1, -0.05) is 43.1 Å². The third kappa shape index (κ3) is 4.52. The lowest BCUT2D eigenvalue weighted by Crippen LogP contribution is -3.00. The van der Waals surface area contributed by atoms with Crippen LogP contribution in [0.5, 0.6) is 0 Å². The van der Waals surface area contributed by atoms with Crippen LogP contribution in [0.15, 0.2) is 18.2 Å².